The lowest BCUT2D eigenvalue weighted by Crippen LogP contribution is -2.22. The molecule has 83 valence electrons. The van der Waals surface area contributed by atoms with Crippen LogP contribution in [0.5, 0.6) is 0 Å². The van der Waals surface area contributed by atoms with Crippen molar-refractivity contribution in [1.82, 2.24) is 0 Å². The van der Waals surface area contributed by atoms with E-state index >= 15 is 0 Å². The third-order valence-electron chi connectivity index (χ3n) is 1.79. The molecule has 0 saturated heterocycles. The molecule has 0 aliphatic heterocycles. The van der Waals surface area contributed by atoms with E-state index in [0.29, 0.717) is 0 Å². The van der Waals surface area contributed by atoms with Crippen LogP contribution in [0.1, 0.15) is 16.8 Å². The van der Waals surface area contributed by atoms with Crippen molar-refractivity contribution in [1.29, 1.82) is 0 Å². The second kappa shape index (κ2) is 5.41. The number of halogens is 1. The number of carbonyl (C=O) groups is 2. The minimum atomic E-state index is -1.15. The van der Waals surface area contributed by atoms with E-state index in [1.54, 1.807) is 12.1 Å². The molecular formula is C10H7BrNO4. The number of amides is 1. The molecule has 1 rings (SSSR count). The fourth-order valence-electron chi connectivity index (χ4n) is 1.09. The first-order valence-electron chi connectivity index (χ1n) is 4.24. The van der Waals surface area contributed by atoms with Gasteiger partial charge < -0.3 is 5.11 Å². The first kappa shape index (κ1) is 12.4. The summed E-state index contributed by atoms with van der Waals surface area (Å²) < 4.78 is 0.946. The summed E-state index contributed by atoms with van der Waals surface area (Å²) in [7, 11) is 0. The van der Waals surface area contributed by atoms with Crippen molar-refractivity contribution in [3.63, 3.8) is 0 Å². The maximum absolute atomic E-state index is 11.3. The van der Waals surface area contributed by atoms with Gasteiger partial charge in [0, 0.05) is 0 Å². The van der Waals surface area contributed by atoms with Crippen LogP contribution in [0.3, 0.4) is 0 Å². The minimum Gasteiger partial charge on any atom is -0.478 e. The summed E-state index contributed by atoms with van der Waals surface area (Å²) in [5.74, 6) is -1.73. The number of hydrogen-bond donors (Lipinski definition) is 1. The van der Waals surface area contributed by atoms with Crippen LogP contribution in [0.15, 0.2) is 24.3 Å². The van der Waals surface area contributed by atoms with E-state index in [4.69, 9.17) is 5.11 Å². The lowest BCUT2D eigenvalue weighted by atomic mass is 10.2. The zero-order valence-corrected chi connectivity index (χ0v) is 9.60. The zero-order valence-electron chi connectivity index (χ0n) is 8.01. The quantitative estimate of drug-likeness (QED) is 0.672. The van der Waals surface area contributed by atoms with Crippen LogP contribution in [-0.2, 0) is 9.59 Å². The molecular weight excluding hydrogens is 278 g/mol. The van der Waals surface area contributed by atoms with E-state index in [1.807, 2.05) is 0 Å². The Labute approximate surface area is 100 Å². The van der Waals surface area contributed by atoms with E-state index in [2.05, 4.69) is 16.1 Å². The van der Waals surface area contributed by atoms with Crippen LogP contribution in [-0.4, -0.2) is 23.3 Å². The number of rotatable bonds is 4. The summed E-state index contributed by atoms with van der Waals surface area (Å²) in [5, 5.41) is 8.89. The Morgan fingerprint density at radius 2 is 2.00 bits per heavy atom. The molecule has 1 aromatic carbocycles. The van der Waals surface area contributed by atoms with E-state index in [9.17, 15) is 14.4 Å². The predicted molar refractivity (Wildman–Crippen MR) is 60.1 cm³/mol. The molecule has 0 unspecified atom stereocenters. The van der Waals surface area contributed by atoms with Gasteiger partial charge in [-0.1, -0.05) is 12.1 Å². The number of hydrogen-bond acceptors (Lipinski definition) is 3. The van der Waals surface area contributed by atoms with Crippen molar-refractivity contribution in [3.05, 3.63) is 29.8 Å². The largest absolute Gasteiger partial charge is 0.478 e. The van der Waals surface area contributed by atoms with Gasteiger partial charge in [0.15, 0.2) is 0 Å². The van der Waals surface area contributed by atoms with E-state index in [-0.39, 0.29) is 11.3 Å². The Balaban J connectivity index is 3.07. The SMILES string of the molecule is O=[C]CC(=O)N(Br)c1ccccc1C(=O)O. The van der Waals surface area contributed by atoms with Gasteiger partial charge in [-0.2, -0.15) is 0 Å². The van der Waals surface area contributed by atoms with Gasteiger partial charge in [0.25, 0.3) is 0 Å². The molecule has 0 saturated carbocycles. The number of anilines is 1. The Hall–Kier alpha value is -1.69. The second-order valence-electron chi connectivity index (χ2n) is 2.82. The van der Waals surface area contributed by atoms with Crippen LogP contribution in [0, 0.1) is 0 Å². The van der Waals surface area contributed by atoms with E-state index in [0.717, 1.165) is 3.93 Å². The van der Waals surface area contributed by atoms with Crippen LogP contribution in [0.25, 0.3) is 0 Å². The molecule has 1 amide bonds. The van der Waals surface area contributed by atoms with Crippen LogP contribution < -0.4 is 3.93 Å². The van der Waals surface area contributed by atoms with Gasteiger partial charge in [-0.05, 0) is 12.1 Å². The normalized spacial score (nSPS) is 9.56. The highest BCUT2D eigenvalue weighted by atomic mass is 79.9. The molecule has 0 bridgehead atoms. The molecule has 0 atom stereocenters. The zero-order chi connectivity index (χ0) is 12.1. The molecule has 6 heteroatoms. The average molecular weight is 285 g/mol. The fourth-order valence-corrected chi connectivity index (χ4v) is 1.53. The smallest absolute Gasteiger partial charge is 0.337 e. The number of aromatic carboxylic acids is 1. The Morgan fingerprint density at radius 3 is 2.56 bits per heavy atom. The number of para-hydroxylation sites is 1. The average Bonchev–Trinajstić information content (AvgIpc) is 2.28. The Kier molecular flexibility index (Phi) is 4.19. The molecule has 16 heavy (non-hydrogen) atoms. The molecule has 0 heterocycles. The summed E-state index contributed by atoms with van der Waals surface area (Å²) in [6, 6.07) is 5.96. The standard InChI is InChI=1S/C10H7BrNO4/c11-12(9(14)5-6-13)8-4-2-1-3-7(8)10(15)16/h1-4H,5H2,(H,15,16). The van der Waals surface area contributed by atoms with Crippen LogP contribution in [0.4, 0.5) is 5.69 Å². The van der Waals surface area contributed by atoms with Crippen molar-refractivity contribution < 1.29 is 19.5 Å². The van der Waals surface area contributed by atoms with Crippen molar-refractivity contribution >= 4 is 40.0 Å². The molecule has 0 spiro atoms. The van der Waals surface area contributed by atoms with Crippen molar-refractivity contribution in [2.45, 2.75) is 6.42 Å². The molecule has 5 nitrogen and oxygen atoms in total. The molecule has 0 aromatic heterocycles. The summed E-state index contributed by atoms with van der Waals surface area (Å²) in [4.78, 5) is 32.3. The number of carboxylic acid groups (broad SMARTS) is 1. The number of nitrogens with zero attached hydrogens (tertiary/aromatic N) is 1. The third kappa shape index (κ3) is 2.66. The molecule has 0 fully saturated rings. The van der Waals surface area contributed by atoms with Gasteiger partial charge in [0.05, 0.1) is 33.8 Å². The Bertz CT molecular complexity index is 433. The molecule has 0 aliphatic carbocycles. The highest BCUT2D eigenvalue weighted by Gasteiger charge is 2.18. The Morgan fingerprint density at radius 1 is 1.38 bits per heavy atom. The fraction of sp³-hybridized carbons (Fsp3) is 0.100. The predicted octanol–water partition coefficient (Wildman–Crippen LogP) is 1.53. The van der Waals surface area contributed by atoms with E-state index < -0.39 is 18.3 Å². The lowest BCUT2D eigenvalue weighted by molar-refractivity contribution is -0.116. The summed E-state index contributed by atoms with van der Waals surface area (Å²) >= 11 is 2.91. The van der Waals surface area contributed by atoms with Gasteiger partial charge in [-0.3, -0.25) is 9.59 Å². The van der Waals surface area contributed by atoms with Crippen molar-refractivity contribution in [3.8, 4) is 0 Å². The molecule has 1 radical (unpaired) electrons. The number of carboxylic acids is 1. The maximum atomic E-state index is 11.3. The molecule has 1 N–H and O–H groups in total. The van der Waals surface area contributed by atoms with Crippen LogP contribution >= 0.6 is 16.1 Å². The second-order valence-corrected chi connectivity index (χ2v) is 3.53. The van der Waals surface area contributed by atoms with Gasteiger partial charge in [0.2, 0.25) is 12.2 Å². The van der Waals surface area contributed by atoms with E-state index in [1.165, 1.54) is 18.4 Å². The van der Waals surface area contributed by atoms with Crippen LogP contribution in [0.2, 0.25) is 0 Å². The summed E-state index contributed by atoms with van der Waals surface area (Å²) in [5.41, 5.74) is 0.147. The van der Waals surface area contributed by atoms with Gasteiger partial charge in [0.1, 0.15) is 0 Å². The first-order valence-corrected chi connectivity index (χ1v) is 4.95. The topological polar surface area (TPSA) is 74.7 Å². The minimum absolute atomic E-state index is 0.0291. The highest BCUT2D eigenvalue weighted by Crippen LogP contribution is 2.23. The van der Waals surface area contributed by atoms with Gasteiger partial charge in [-0.25, -0.2) is 8.72 Å². The molecule has 0 aliphatic rings. The summed E-state index contributed by atoms with van der Waals surface area (Å²) in [6.45, 7) is 0. The van der Waals surface area contributed by atoms with Gasteiger partial charge >= 0.3 is 5.97 Å². The monoisotopic (exact) mass is 284 g/mol. The highest BCUT2D eigenvalue weighted by molar-refractivity contribution is 9.10. The molecule has 1 aromatic rings. The van der Waals surface area contributed by atoms with Gasteiger partial charge in [-0.15, -0.1) is 0 Å². The maximum Gasteiger partial charge on any atom is 0.337 e. The van der Waals surface area contributed by atoms with Crippen molar-refractivity contribution in [2.24, 2.45) is 0 Å². The third-order valence-corrected chi connectivity index (χ3v) is 2.57. The summed E-state index contributed by atoms with van der Waals surface area (Å²) in [6.07, 6.45) is 1.02. The first-order chi connectivity index (χ1) is 7.57. The van der Waals surface area contributed by atoms with Crippen molar-refractivity contribution in [2.75, 3.05) is 3.93 Å². The lowest BCUT2D eigenvalue weighted by Gasteiger charge is -2.15. The number of carbonyl (C=O) groups excluding carboxylic acids is 2. The number of benzene rings is 1.